The molecule has 2 nitrogen and oxygen atoms in total. The van der Waals surface area contributed by atoms with Crippen LogP contribution in [0.4, 0.5) is 0 Å². The van der Waals surface area contributed by atoms with Crippen LogP contribution in [-0.4, -0.2) is 22.7 Å². The van der Waals surface area contributed by atoms with E-state index in [1.165, 1.54) is 0 Å². The SMILES string of the molecule is C=CCCC(C)(C)CON(C(C)(C)C)C(C)(C)C. The maximum Gasteiger partial charge on any atom is 0.0736 e. The molecule has 0 aromatic heterocycles. The highest BCUT2D eigenvalue weighted by atomic mass is 16.7. The second kappa shape index (κ2) is 6.21. The maximum absolute atomic E-state index is 6.13. The van der Waals surface area contributed by atoms with Crippen LogP contribution in [0.2, 0.25) is 0 Å². The molecule has 0 N–H and O–H groups in total. The standard InChI is InChI=1S/C16H33NO/c1-10-11-12-16(8,9)13-18-17(14(2,3)4)15(5,6)7/h10H,1,11-13H2,2-9H3. The van der Waals surface area contributed by atoms with Crippen LogP contribution in [-0.2, 0) is 4.84 Å². The molecule has 0 saturated carbocycles. The first-order chi connectivity index (χ1) is 7.90. The number of rotatable bonds is 6. The Morgan fingerprint density at radius 3 is 1.72 bits per heavy atom. The van der Waals surface area contributed by atoms with E-state index in [0.29, 0.717) is 0 Å². The van der Waals surface area contributed by atoms with Crippen LogP contribution in [0.5, 0.6) is 0 Å². The maximum atomic E-state index is 6.13. The molecule has 108 valence electrons. The number of hydroxylamine groups is 2. The molecule has 0 aromatic carbocycles. The van der Waals surface area contributed by atoms with E-state index >= 15 is 0 Å². The summed E-state index contributed by atoms with van der Waals surface area (Å²) in [6, 6.07) is 0. The molecule has 0 aliphatic rings. The molecule has 0 aromatic rings. The summed E-state index contributed by atoms with van der Waals surface area (Å²) in [7, 11) is 0. The lowest BCUT2D eigenvalue weighted by molar-refractivity contribution is -0.270. The highest BCUT2D eigenvalue weighted by Gasteiger charge is 2.34. The molecule has 0 heterocycles. The molecule has 0 aliphatic heterocycles. The fourth-order valence-electron chi connectivity index (χ4n) is 2.20. The van der Waals surface area contributed by atoms with Gasteiger partial charge in [0.15, 0.2) is 0 Å². The van der Waals surface area contributed by atoms with Crippen LogP contribution in [0, 0.1) is 5.41 Å². The van der Waals surface area contributed by atoms with Gasteiger partial charge in [0.05, 0.1) is 6.61 Å². The Morgan fingerprint density at radius 2 is 1.39 bits per heavy atom. The van der Waals surface area contributed by atoms with Crippen LogP contribution in [0.3, 0.4) is 0 Å². The highest BCUT2D eigenvalue weighted by Crippen LogP contribution is 2.29. The van der Waals surface area contributed by atoms with Crippen LogP contribution >= 0.6 is 0 Å². The number of hydrogen-bond donors (Lipinski definition) is 0. The monoisotopic (exact) mass is 255 g/mol. The van der Waals surface area contributed by atoms with Crippen molar-refractivity contribution in [3.05, 3.63) is 12.7 Å². The lowest BCUT2D eigenvalue weighted by Crippen LogP contribution is -2.53. The van der Waals surface area contributed by atoms with E-state index in [1.54, 1.807) is 0 Å². The fraction of sp³-hybridized carbons (Fsp3) is 0.875. The fourth-order valence-corrected chi connectivity index (χ4v) is 2.20. The number of hydrogen-bond acceptors (Lipinski definition) is 2. The van der Waals surface area contributed by atoms with E-state index in [0.717, 1.165) is 19.4 Å². The minimum atomic E-state index is 0.00671. The molecule has 0 atom stereocenters. The normalized spacial score (nSPS) is 14.1. The van der Waals surface area contributed by atoms with E-state index in [-0.39, 0.29) is 16.5 Å². The summed E-state index contributed by atoms with van der Waals surface area (Å²) in [5.41, 5.74) is 0.197. The van der Waals surface area contributed by atoms with Crippen molar-refractivity contribution in [2.45, 2.75) is 79.3 Å². The minimum absolute atomic E-state index is 0.00671. The smallest absolute Gasteiger partial charge is 0.0736 e. The average Bonchev–Trinajstić information content (AvgIpc) is 2.10. The molecular weight excluding hydrogens is 222 g/mol. The topological polar surface area (TPSA) is 12.5 Å². The van der Waals surface area contributed by atoms with Crippen molar-refractivity contribution in [3.8, 4) is 0 Å². The van der Waals surface area contributed by atoms with Gasteiger partial charge in [0, 0.05) is 11.1 Å². The molecule has 0 fully saturated rings. The summed E-state index contributed by atoms with van der Waals surface area (Å²) in [5, 5.41) is 2.12. The summed E-state index contributed by atoms with van der Waals surface area (Å²) in [6.45, 7) is 22.2. The zero-order valence-electron chi connectivity index (χ0n) is 13.8. The van der Waals surface area contributed by atoms with E-state index in [1.807, 2.05) is 6.08 Å². The molecule has 0 bridgehead atoms. The zero-order valence-corrected chi connectivity index (χ0v) is 13.8. The first kappa shape index (κ1) is 17.7. The molecule has 0 radical (unpaired) electrons. The molecule has 0 saturated heterocycles. The number of nitrogens with zero attached hydrogens (tertiary/aromatic N) is 1. The Labute approximate surface area is 114 Å². The summed E-state index contributed by atoms with van der Waals surface area (Å²) >= 11 is 0. The second-order valence-electron chi connectivity index (χ2n) is 7.90. The highest BCUT2D eigenvalue weighted by molar-refractivity contribution is 4.82. The summed E-state index contributed by atoms with van der Waals surface area (Å²) in [6.07, 6.45) is 4.13. The van der Waals surface area contributed by atoms with Gasteiger partial charge in [-0.05, 0) is 59.8 Å². The first-order valence-electron chi connectivity index (χ1n) is 6.94. The van der Waals surface area contributed by atoms with Crippen molar-refractivity contribution in [3.63, 3.8) is 0 Å². The predicted octanol–water partition coefficient (Wildman–Crippen LogP) is 4.81. The van der Waals surface area contributed by atoms with Crippen molar-refractivity contribution in [2.75, 3.05) is 6.61 Å². The van der Waals surface area contributed by atoms with E-state index < -0.39 is 0 Å². The molecule has 0 rings (SSSR count). The Balaban J connectivity index is 4.59. The van der Waals surface area contributed by atoms with Gasteiger partial charge in [0.2, 0.25) is 0 Å². The summed E-state index contributed by atoms with van der Waals surface area (Å²) in [5.74, 6) is 0. The Bertz CT molecular complexity index is 241. The Morgan fingerprint density at radius 1 is 0.944 bits per heavy atom. The molecule has 0 aliphatic carbocycles. The first-order valence-corrected chi connectivity index (χ1v) is 6.94. The third-order valence-corrected chi connectivity index (χ3v) is 2.83. The van der Waals surface area contributed by atoms with Crippen LogP contribution in [0.15, 0.2) is 12.7 Å². The molecule has 0 spiro atoms. The number of allylic oxidation sites excluding steroid dienone is 1. The summed E-state index contributed by atoms with van der Waals surface area (Å²) < 4.78 is 0. The molecule has 0 amide bonds. The van der Waals surface area contributed by atoms with Crippen molar-refractivity contribution >= 4 is 0 Å². The van der Waals surface area contributed by atoms with Crippen LogP contribution < -0.4 is 0 Å². The predicted molar refractivity (Wildman–Crippen MR) is 80.5 cm³/mol. The van der Waals surface area contributed by atoms with Crippen molar-refractivity contribution < 1.29 is 4.84 Å². The quantitative estimate of drug-likeness (QED) is 0.499. The lowest BCUT2D eigenvalue weighted by atomic mass is 9.89. The molecule has 18 heavy (non-hydrogen) atoms. The van der Waals surface area contributed by atoms with Gasteiger partial charge in [-0.2, -0.15) is 5.06 Å². The van der Waals surface area contributed by atoms with Gasteiger partial charge in [0.25, 0.3) is 0 Å². The van der Waals surface area contributed by atoms with Gasteiger partial charge in [-0.15, -0.1) is 6.58 Å². The van der Waals surface area contributed by atoms with Crippen molar-refractivity contribution in [1.82, 2.24) is 5.06 Å². The van der Waals surface area contributed by atoms with Crippen LogP contribution in [0.1, 0.15) is 68.2 Å². The Hall–Kier alpha value is -0.340. The van der Waals surface area contributed by atoms with Gasteiger partial charge >= 0.3 is 0 Å². The van der Waals surface area contributed by atoms with E-state index in [9.17, 15) is 0 Å². The third-order valence-electron chi connectivity index (χ3n) is 2.83. The van der Waals surface area contributed by atoms with Crippen molar-refractivity contribution in [2.24, 2.45) is 5.41 Å². The largest absolute Gasteiger partial charge is 0.297 e. The van der Waals surface area contributed by atoms with Gasteiger partial charge in [0.1, 0.15) is 0 Å². The summed E-state index contributed by atoms with van der Waals surface area (Å²) in [4.78, 5) is 6.13. The average molecular weight is 255 g/mol. The lowest BCUT2D eigenvalue weighted by Gasteiger charge is -2.45. The zero-order chi connectivity index (χ0) is 14.6. The van der Waals surface area contributed by atoms with E-state index in [4.69, 9.17) is 4.84 Å². The molecular formula is C16H33NO. The van der Waals surface area contributed by atoms with Gasteiger partial charge in [-0.3, -0.25) is 4.84 Å². The Kier molecular flexibility index (Phi) is 6.09. The van der Waals surface area contributed by atoms with Crippen LogP contribution in [0.25, 0.3) is 0 Å². The van der Waals surface area contributed by atoms with Crippen molar-refractivity contribution in [1.29, 1.82) is 0 Å². The second-order valence-corrected chi connectivity index (χ2v) is 7.90. The van der Waals surface area contributed by atoms with Gasteiger partial charge in [-0.25, -0.2) is 0 Å². The third kappa shape index (κ3) is 6.55. The minimum Gasteiger partial charge on any atom is -0.297 e. The van der Waals surface area contributed by atoms with E-state index in [2.05, 4.69) is 67.0 Å². The molecule has 2 heteroatoms. The van der Waals surface area contributed by atoms with Gasteiger partial charge < -0.3 is 0 Å². The molecule has 0 unspecified atom stereocenters. The van der Waals surface area contributed by atoms with Gasteiger partial charge in [-0.1, -0.05) is 19.9 Å².